The maximum Gasteiger partial charge on any atom is 0.253 e. The number of likely N-dealkylation sites (tertiary alicyclic amines) is 1. The molecule has 2 saturated heterocycles. The quantitative estimate of drug-likeness (QED) is 0.464. The average Bonchev–Trinajstić information content (AvgIpc) is 3.29. The van der Waals surface area contributed by atoms with Gasteiger partial charge in [-0.3, -0.25) is 14.4 Å². The Hall–Kier alpha value is -3.17. The Kier molecular flexibility index (Phi) is 8.05. The highest BCUT2D eigenvalue weighted by molar-refractivity contribution is 6.06. The molecule has 0 saturated carbocycles. The minimum absolute atomic E-state index is 0.111. The summed E-state index contributed by atoms with van der Waals surface area (Å²) in [5.41, 5.74) is -0.533. The van der Waals surface area contributed by atoms with Gasteiger partial charge in [-0.05, 0) is 57.9 Å². The first-order valence-corrected chi connectivity index (χ1v) is 15.2. The monoisotopic (exact) mass is 564 g/mol. The third-order valence-corrected chi connectivity index (χ3v) is 9.48. The number of benzene rings is 1. The predicted molar refractivity (Wildman–Crippen MR) is 159 cm³/mol. The average molecular weight is 565 g/mol. The van der Waals surface area contributed by atoms with E-state index >= 15 is 0 Å². The van der Waals surface area contributed by atoms with E-state index in [9.17, 15) is 19.5 Å². The topological polar surface area (TPSA) is 93.6 Å². The largest absolute Gasteiger partial charge is 0.394 e. The van der Waals surface area contributed by atoms with Crippen molar-refractivity contribution in [1.29, 1.82) is 0 Å². The number of aliphatic hydroxyl groups is 1. The van der Waals surface area contributed by atoms with Crippen molar-refractivity contribution in [2.45, 2.75) is 70.7 Å². The zero-order valence-corrected chi connectivity index (χ0v) is 25.0. The fraction of sp³-hybridized carbons (Fsp3) is 0.594. The molecular weight excluding hydrogens is 520 g/mol. The first-order chi connectivity index (χ1) is 19.7. The van der Waals surface area contributed by atoms with Gasteiger partial charge in [-0.2, -0.15) is 0 Å². The van der Waals surface area contributed by atoms with Gasteiger partial charge in [0, 0.05) is 44.1 Å². The number of aliphatic hydroxyl groups excluding tert-OH is 1. The number of hydrogen-bond donors (Lipinski definition) is 1. The van der Waals surface area contributed by atoms with E-state index in [1.54, 1.807) is 16.7 Å². The second-order valence-corrected chi connectivity index (χ2v) is 11.6. The minimum atomic E-state index is -1.33. The fourth-order valence-electron chi connectivity index (χ4n) is 7.45. The molecule has 0 radical (unpaired) electrons. The molecule has 4 aliphatic heterocycles. The molecule has 1 N–H and O–H groups in total. The molecule has 0 bridgehead atoms. The Morgan fingerprint density at radius 2 is 1.63 bits per heavy atom. The van der Waals surface area contributed by atoms with Gasteiger partial charge < -0.3 is 29.4 Å². The van der Waals surface area contributed by atoms with Crippen LogP contribution in [-0.2, 0) is 19.1 Å². The first kappa shape index (κ1) is 29.3. The van der Waals surface area contributed by atoms with E-state index in [0.29, 0.717) is 26.1 Å². The third-order valence-electron chi connectivity index (χ3n) is 9.48. The lowest BCUT2D eigenvalue weighted by Gasteiger charge is -2.40. The number of amides is 3. The predicted octanol–water partition coefficient (Wildman–Crippen LogP) is 2.99. The maximum absolute atomic E-state index is 14.6. The molecule has 0 aliphatic carbocycles. The van der Waals surface area contributed by atoms with Gasteiger partial charge >= 0.3 is 0 Å². The van der Waals surface area contributed by atoms with Crippen molar-refractivity contribution in [2.24, 2.45) is 11.8 Å². The molecule has 1 aromatic rings. The van der Waals surface area contributed by atoms with Crippen molar-refractivity contribution in [3.8, 4) is 0 Å². The number of carbonyl (C=O) groups is 3. The van der Waals surface area contributed by atoms with Crippen LogP contribution in [-0.4, -0.2) is 95.2 Å². The summed E-state index contributed by atoms with van der Waals surface area (Å²) >= 11 is 0. The van der Waals surface area contributed by atoms with Gasteiger partial charge in [0.05, 0.1) is 30.1 Å². The molecule has 1 aromatic carbocycles. The zero-order chi connectivity index (χ0) is 29.5. The summed E-state index contributed by atoms with van der Waals surface area (Å²) in [6.45, 7) is 12.8. The SMILES string of the molecule is CCCN1CC=C[C@@]2(CC)O[C@]34C=CCN(c5ccc(N(CC)CC)cc5)C(=O)C3N([C@H](C)CO)C(=O)[C@@H]4[C@H]2C1=O. The maximum atomic E-state index is 14.6. The van der Waals surface area contributed by atoms with E-state index < -0.39 is 35.1 Å². The van der Waals surface area contributed by atoms with Crippen LogP contribution in [0.3, 0.4) is 0 Å². The van der Waals surface area contributed by atoms with Crippen LogP contribution in [0.4, 0.5) is 11.4 Å². The highest BCUT2D eigenvalue weighted by atomic mass is 16.5. The Morgan fingerprint density at radius 1 is 0.951 bits per heavy atom. The minimum Gasteiger partial charge on any atom is -0.394 e. The van der Waals surface area contributed by atoms with Crippen LogP contribution < -0.4 is 9.80 Å². The summed E-state index contributed by atoms with van der Waals surface area (Å²) in [6.07, 6.45) is 8.97. The van der Waals surface area contributed by atoms with Crippen LogP contribution in [0.25, 0.3) is 0 Å². The molecule has 9 nitrogen and oxygen atoms in total. The van der Waals surface area contributed by atoms with Crippen molar-refractivity contribution in [1.82, 2.24) is 9.80 Å². The van der Waals surface area contributed by atoms with Crippen LogP contribution in [0.15, 0.2) is 48.6 Å². The fourth-order valence-corrected chi connectivity index (χ4v) is 7.45. The van der Waals surface area contributed by atoms with Crippen molar-refractivity contribution in [2.75, 3.05) is 49.1 Å². The third kappa shape index (κ3) is 4.39. The van der Waals surface area contributed by atoms with E-state index in [2.05, 4.69) is 18.7 Å². The number of hydrogen-bond acceptors (Lipinski definition) is 6. The molecule has 6 atom stereocenters. The number of ether oxygens (including phenoxy) is 1. The standard InChI is InChI=1S/C32H44N4O5/c1-6-18-34-19-10-16-31(7-2)25(28(34)38)26-29(39)36(22(5)21-37)27-30(40)35(20-11-17-32(26,27)41-31)24-14-12-23(13-15-24)33(8-3)9-4/h10-17,22,25-27,37H,6-9,18-21H2,1-5H3/t22-,25+,26+,27?,31-,32+/m1/s1. The van der Waals surface area contributed by atoms with Crippen molar-refractivity contribution >= 4 is 29.1 Å². The van der Waals surface area contributed by atoms with Crippen molar-refractivity contribution in [3.63, 3.8) is 0 Å². The second kappa shape index (κ2) is 11.2. The summed E-state index contributed by atoms with van der Waals surface area (Å²) in [5.74, 6) is -2.33. The van der Waals surface area contributed by atoms with Gasteiger partial charge in [0.1, 0.15) is 11.6 Å². The summed E-state index contributed by atoms with van der Waals surface area (Å²) in [6, 6.07) is 6.26. The second-order valence-electron chi connectivity index (χ2n) is 11.6. The Labute approximate surface area is 243 Å². The van der Waals surface area contributed by atoms with Gasteiger partial charge in [0.15, 0.2) is 0 Å². The summed E-state index contributed by atoms with van der Waals surface area (Å²) in [7, 11) is 0. The summed E-state index contributed by atoms with van der Waals surface area (Å²) < 4.78 is 6.98. The van der Waals surface area contributed by atoms with Crippen LogP contribution in [0.2, 0.25) is 0 Å². The van der Waals surface area contributed by atoms with Gasteiger partial charge in [-0.25, -0.2) is 0 Å². The number of nitrogens with zero attached hydrogens (tertiary/aromatic N) is 4. The van der Waals surface area contributed by atoms with Gasteiger partial charge in [-0.1, -0.05) is 38.2 Å². The van der Waals surface area contributed by atoms with Crippen LogP contribution in [0.1, 0.15) is 47.5 Å². The molecule has 1 spiro atoms. The highest BCUT2D eigenvalue weighted by Crippen LogP contribution is 2.59. The molecule has 2 fully saturated rings. The lowest BCUT2D eigenvalue weighted by atomic mass is 9.73. The van der Waals surface area contributed by atoms with E-state index in [0.717, 1.165) is 30.9 Å². The van der Waals surface area contributed by atoms with E-state index in [1.807, 2.05) is 62.4 Å². The van der Waals surface area contributed by atoms with E-state index in [4.69, 9.17) is 4.74 Å². The van der Waals surface area contributed by atoms with Gasteiger partial charge in [-0.15, -0.1) is 0 Å². The molecule has 0 aromatic heterocycles. The molecule has 222 valence electrons. The molecule has 1 unspecified atom stereocenters. The number of carbonyl (C=O) groups excluding carboxylic acids is 3. The van der Waals surface area contributed by atoms with E-state index in [1.165, 1.54) is 4.90 Å². The first-order valence-electron chi connectivity index (χ1n) is 15.2. The smallest absolute Gasteiger partial charge is 0.253 e. The Bertz CT molecular complexity index is 1230. The molecular formula is C32H44N4O5. The Balaban J connectivity index is 1.61. The van der Waals surface area contributed by atoms with Gasteiger partial charge in [0.2, 0.25) is 11.8 Å². The molecule has 4 aliphatic rings. The number of anilines is 2. The molecule has 9 heteroatoms. The molecule has 4 heterocycles. The molecule has 3 amide bonds. The van der Waals surface area contributed by atoms with Crippen LogP contribution in [0, 0.1) is 11.8 Å². The van der Waals surface area contributed by atoms with E-state index in [-0.39, 0.29) is 24.3 Å². The van der Waals surface area contributed by atoms with Crippen molar-refractivity contribution in [3.05, 3.63) is 48.6 Å². The zero-order valence-electron chi connectivity index (χ0n) is 25.0. The summed E-state index contributed by atoms with van der Waals surface area (Å²) in [5, 5.41) is 10.2. The Morgan fingerprint density at radius 3 is 2.24 bits per heavy atom. The molecule has 41 heavy (non-hydrogen) atoms. The van der Waals surface area contributed by atoms with Gasteiger partial charge in [0.25, 0.3) is 5.91 Å². The highest BCUT2D eigenvalue weighted by Gasteiger charge is 2.75. The molecule has 5 rings (SSSR count). The number of fused-ring (bicyclic) bond motifs is 2. The normalized spacial score (nSPS) is 31.6. The number of rotatable bonds is 9. The van der Waals surface area contributed by atoms with Crippen LogP contribution >= 0.6 is 0 Å². The van der Waals surface area contributed by atoms with Crippen molar-refractivity contribution < 1.29 is 24.2 Å². The van der Waals surface area contributed by atoms with Crippen LogP contribution in [0.5, 0.6) is 0 Å². The lowest BCUT2D eigenvalue weighted by Crippen LogP contribution is -2.58. The lowest BCUT2D eigenvalue weighted by molar-refractivity contribution is -0.152. The summed E-state index contributed by atoms with van der Waals surface area (Å²) in [4.78, 5) is 50.3.